The first-order valence-corrected chi connectivity index (χ1v) is 8.87. The predicted octanol–water partition coefficient (Wildman–Crippen LogP) is 5.67. The first-order chi connectivity index (χ1) is 9.13. The van der Waals surface area contributed by atoms with Gasteiger partial charge in [-0.1, -0.05) is 40.5 Å². The summed E-state index contributed by atoms with van der Waals surface area (Å²) >= 11 is 9.07. The standard InChI is InChI=1S/C15H17Br2NS/c1-3-6-18-15(12-8-19-9-14(12)17)11-7-10(2)4-5-13(11)16/h4-5,7-9,15,18H,3,6H2,1-2H3. The summed E-state index contributed by atoms with van der Waals surface area (Å²) in [6.07, 6.45) is 1.13. The van der Waals surface area contributed by atoms with Crippen molar-refractivity contribution >= 4 is 43.2 Å². The monoisotopic (exact) mass is 401 g/mol. The van der Waals surface area contributed by atoms with E-state index in [2.05, 4.69) is 80.0 Å². The van der Waals surface area contributed by atoms with Crippen molar-refractivity contribution in [3.8, 4) is 0 Å². The maximum absolute atomic E-state index is 3.68. The summed E-state index contributed by atoms with van der Waals surface area (Å²) in [5.41, 5.74) is 3.89. The van der Waals surface area contributed by atoms with Crippen LogP contribution in [0.25, 0.3) is 0 Å². The van der Waals surface area contributed by atoms with Gasteiger partial charge < -0.3 is 5.32 Å². The molecule has 4 heteroatoms. The van der Waals surface area contributed by atoms with Gasteiger partial charge in [-0.15, -0.1) is 0 Å². The van der Waals surface area contributed by atoms with Crippen molar-refractivity contribution in [2.24, 2.45) is 0 Å². The van der Waals surface area contributed by atoms with E-state index in [0.717, 1.165) is 17.4 Å². The van der Waals surface area contributed by atoms with Crippen molar-refractivity contribution < 1.29 is 0 Å². The Morgan fingerprint density at radius 2 is 1.95 bits per heavy atom. The smallest absolute Gasteiger partial charge is 0.0607 e. The lowest BCUT2D eigenvalue weighted by Gasteiger charge is -2.21. The predicted molar refractivity (Wildman–Crippen MR) is 91.0 cm³/mol. The Labute approximate surface area is 135 Å². The van der Waals surface area contributed by atoms with E-state index < -0.39 is 0 Å². The molecule has 102 valence electrons. The van der Waals surface area contributed by atoms with Crippen LogP contribution in [-0.4, -0.2) is 6.54 Å². The van der Waals surface area contributed by atoms with E-state index >= 15 is 0 Å². The van der Waals surface area contributed by atoms with Crippen molar-refractivity contribution in [3.63, 3.8) is 0 Å². The number of thiophene rings is 1. The van der Waals surface area contributed by atoms with E-state index in [-0.39, 0.29) is 6.04 Å². The second kappa shape index (κ2) is 7.02. The highest BCUT2D eigenvalue weighted by Gasteiger charge is 2.19. The molecule has 0 saturated heterocycles. The third-order valence-electron chi connectivity index (χ3n) is 3.01. The van der Waals surface area contributed by atoms with Crippen molar-refractivity contribution in [1.29, 1.82) is 0 Å². The lowest BCUT2D eigenvalue weighted by atomic mass is 9.99. The fourth-order valence-corrected chi connectivity index (χ4v) is 4.09. The molecule has 1 atom stereocenters. The topological polar surface area (TPSA) is 12.0 Å². The Bertz CT molecular complexity index is 551. The van der Waals surface area contributed by atoms with Crippen LogP contribution in [0.15, 0.2) is 37.9 Å². The molecule has 0 bridgehead atoms. The Balaban J connectivity index is 2.42. The number of rotatable bonds is 5. The van der Waals surface area contributed by atoms with Crippen LogP contribution < -0.4 is 5.32 Å². The van der Waals surface area contributed by atoms with E-state index in [1.54, 1.807) is 11.3 Å². The van der Waals surface area contributed by atoms with Gasteiger partial charge in [-0.25, -0.2) is 0 Å². The van der Waals surface area contributed by atoms with Gasteiger partial charge in [0.1, 0.15) is 0 Å². The van der Waals surface area contributed by atoms with Crippen LogP contribution in [0, 0.1) is 6.92 Å². The van der Waals surface area contributed by atoms with Gasteiger partial charge in [0.25, 0.3) is 0 Å². The average Bonchev–Trinajstić information content (AvgIpc) is 2.80. The van der Waals surface area contributed by atoms with E-state index in [0.29, 0.717) is 0 Å². The lowest BCUT2D eigenvalue weighted by Crippen LogP contribution is -2.23. The summed E-state index contributed by atoms with van der Waals surface area (Å²) in [4.78, 5) is 0. The van der Waals surface area contributed by atoms with Gasteiger partial charge in [-0.05, 0) is 58.4 Å². The average molecular weight is 403 g/mol. The van der Waals surface area contributed by atoms with Crippen LogP contribution in [0.5, 0.6) is 0 Å². The number of nitrogens with one attached hydrogen (secondary N) is 1. The molecule has 0 aliphatic carbocycles. The van der Waals surface area contributed by atoms with E-state index in [4.69, 9.17) is 0 Å². The minimum absolute atomic E-state index is 0.231. The summed E-state index contributed by atoms with van der Waals surface area (Å²) in [6, 6.07) is 6.75. The second-order valence-electron chi connectivity index (χ2n) is 4.59. The molecular weight excluding hydrogens is 386 g/mol. The van der Waals surface area contributed by atoms with Crippen LogP contribution in [0.4, 0.5) is 0 Å². The highest BCUT2D eigenvalue weighted by molar-refractivity contribution is 9.10. The second-order valence-corrected chi connectivity index (χ2v) is 7.04. The molecule has 0 radical (unpaired) electrons. The fourth-order valence-electron chi connectivity index (χ4n) is 2.06. The molecular formula is C15H17Br2NS. The van der Waals surface area contributed by atoms with Gasteiger partial charge >= 0.3 is 0 Å². The first kappa shape index (κ1) is 15.2. The molecule has 0 fully saturated rings. The van der Waals surface area contributed by atoms with Gasteiger partial charge in [0.2, 0.25) is 0 Å². The molecule has 0 spiro atoms. The third kappa shape index (κ3) is 3.69. The van der Waals surface area contributed by atoms with E-state index in [1.807, 2.05) is 0 Å². The zero-order valence-corrected chi connectivity index (χ0v) is 15.0. The zero-order valence-electron chi connectivity index (χ0n) is 11.0. The third-order valence-corrected chi connectivity index (χ3v) is 5.49. The summed E-state index contributed by atoms with van der Waals surface area (Å²) in [6.45, 7) is 5.33. The molecule has 1 unspecified atom stereocenters. The highest BCUT2D eigenvalue weighted by atomic mass is 79.9. The van der Waals surface area contributed by atoms with Crippen LogP contribution in [0.1, 0.15) is 36.1 Å². The summed E-state index contributed by atoms with van der Waals surface area (Å²) in [5, 5.41) is 8.00. The SMILES string of the molecule is CCCNC(c1cscc1Br)c1cc(C)ccc1Br. The van der Waals surface area contributed by atoms with Crippen molar-refractivity contribution in [3.05, 3.63) is 54.6 Å². The van der Waals surface area contributed by atoms with Gasteiger partial charge in [0.05, 0.1) is 6.04 Å². The molecule has 1 N–H and O–H groups in total. The number of halogens is 2. The Hall–Kier alpha value is -0.160. The molecule has 0 amide bonds. The molecule has 0 aliphatic heterocycles. The molecule has 1 heterocycles. The summed E-state index contributed by atoms with van der Waals surface area (Å²) in [7, 11) is 0. The Morgan fingerprint density at radius 3 is 2.58 bits per heavy atom. The molecule has 1 nitrogen and oxygen atoms in total. The molecule has 2 aromatic rings. The van der Waals surface area contributed by atoms with Crippen molar-refractivity contribution in [2.45, 2.75) is 26.3 Å². The number of benzene rings is 1. The van der Waals surface area contributed by atoms with Crippen LogP contribution in [0.3, 0.4) is 0 Å². The normalized spacial score (nSPS) is 12.6. The van der Waals surface area contributed by atoms with Crippen molar-refractivity contribution in [2.75, 3.05) is 6.54 Å². The Kier molecular flexibility index (Phi) is 5.63. The van der Waals surface area contributed by atoms with Crippen LogP contribution in [0.2, 0.25) is 0 Å². The minimum Gasteiger partial charge on any atom is -0.306 e. The number of hydrogen-bond acceptors (Lipinski definition) is 2. The summed E-state index contributed by atoms with van der Waals surface area (Å²) in [5.74, 6) is 0. The van der Waals surface area contributed by atoms with Gasteiger partial charge in [-0.2, -0.15) is 11.3 Å². The maximum atomic E-state index is 3.68. The molecule has 0 aliphatic rings. The highest BCUT2D eigenvalue weighted by Crippen LogP contribution is 2.35. The van der Waals surface area contributed by atoms with Gasteiger partial charge in [0, 0.05) is 14.3 Å². The number of hydrogen-bond donors (Lipinski definition) is 1. The first-order valence-electron chi connectivity index (χ1n) is 6.34. The fraction of sp³-hybridized carbons (Fsp3) is 0.333. The Morgan fingerprint density at radius 1 is 1.16 bits per heavy atom. The summed E-state index contributed by atoms with van der Waals surface area (Å²) < 4.78 is 2.34. The van der Waals surface area contributed by atoms with Gasteiger partial charge in [-0.3, -0.25) is 0 Å². The number of aryl methyl sites for hydroxylation is 1. The van der Waals surface area contributed by atoms with Gasteiger partial charge in [0.15, 0.2) is 0 Å². The van der Waals surface area contributed by atoms with Crippen LogP contribution in [-0.2, 0) is 0 Å². The molecule has 19 heavy (non-hydrogen) atoms. The van der Waals surface area contributed by atoms with E-state index in [9.17, 15) is 0 Å². The molecule has 0 saturated carbocycles. The largest absolute Gasteiger partial charge is 0.306 e. The van der Waals surface area contributed by atoms with Crippen molar-refractivity contribution in [1.82, 2.24) is 5.32 Å². The molecule has 2 rings (SSSR count). The molecule has 1 aromatic carbocycles. The van der Waals surface area contributed by atoms with Crippen LogP contribution >= 0.6 is 43.2 Å². The quantitative estimate of drug-likeness (QED) is 0.679. The lowest BCUT2D eigenvalue weighted by molar-refractivity contribution is 0.596. The minimum atomic E-state index is 0.231. The zero-order chi connectivity index (χ0) is 13.8. The maximum Gasteiger partial charge on any atom is 0.0607 e. The molecule has 1 aromatic heterocycles. The van der Waals surface area contributed by atoms with E-state index in [1.165, 1.54) is 21.2 Å².